The van der Waals surface area contributed by atoms with Gasteiger partial charge in [0, 0.05) is 0 Å². The van der Waals surface area contributed by atoms with Crippen molar-refractivity contribution in [2.24, 2.45) is 5.16 Å². The van der Waals surface area contributed by atoms with Crippen molar-refractivity contribution in [1.29, 1.82) is 5.26 Å². The Morgan fingerprint density at radius 1 is 1.22 bits per heavy atom. The molecule has 0 spiro atoms. The van der Waals surface area contributed by atoms with E-state index < -0.39 is 0 Å². The van der Waals surface area contributed by atoms with Gasteiger partial charge in [0.2, 0.25) is 0 Å². The zero-order chi connectivity index (χ0) is 13.0. The van der Waals surface area contributed by atoms with E-state index in [4.69, 9.17) is 16.8 Å². The van der Waals surface area contributed by atoms with E-state index in [0.717, 1.165) is 5.56 Å². The van der Waals surface area contributed by atoms with E-state index in [1.807, 2.05) is 30.3 Å². The van der Waals surface area contributed by atoms with Crippen molar-refractivity contribution in [3.05, 3.63) is 64.7 Å². The number of benzene rings is 1. The molecule has 3 nitrogen and oxygen atoms in total. The third-order valence-corrected chi connectivity index (χ3v) is 2.82. The minimum atomic E-state index is 0.283. The summed E-state index contributed by atoms with van der Waals surface area (Å²) in [5, 5.41) is 21.3. The third kappa shape index (κ3) is 2.34. The van der Waals surface area contributed by atoms with Crippen molar-refractivity contribution in [3.63, 3.8) is 0 Å². The topological polar surface area (TPSA) is 56.4 Å². The molecule has 88 valence electrons. The summed E-state index contributed by atoms with van der Waals surface area (Å²) >= 11 is 5.94. The van der Waals surface area contributed by atoms with Crippen LogP contribution < -0.4 is 0 Å². The maximum absolute atomic E-state index is 9.25. The summed E-state index contributed by atoms with van der Waals surface area (Å²) in [6.45, 7) is 0. The molecule has 0 heterocycles. The standard InChI is InChI=1S/C14H9ClN2O/c15-13-8-11(6-7-14(13)17-18)12(9-16)10-4-2-1-3-5-10/h1-8,18H/b12-11-,17-14+. The van der Waals surface area contributed by atoms with Crippen LogP contribution in [0, 0.1) is 11.3 Å². The number of halogens is 1. The number of allylic oxidation sites excluding steroid dienone is 6. The molecule has 0 atom stereocenters. The molecule has 0 bridgehead atoms. The fourth-order valence-corrected chi connectivity index (χ4v) is 1.86. The van der Waals surface area contributed by atoms with Crippen LogP contribution in [0.2, 0.25) is 0 Å². The average molecular weight is 257 g/mol. The van der Waals surface area contributed by atoms with Crippen LogP contribution in [0.1, 0.15) is 5.56 Å². The van der Waals surface area contributed by atoms with E-state index in [-0.39, 0.29) is 5.71 Å². The molecule has 0 aliphatic heterocycles. The number of hydrogen-bond donors (Lipinski definition) is 1. The van der Waals surface area contributed by atoms with Gasteiger partial charge in [0.1, 0.15) is 11.8 Å². The van der Waals surface area contributed by atoms with E-state index in [2.05, 4.69) is 11.2 Å². The molecule has 0 radical (unpaired) electrons. The van der Waals surface area contributed by atoms with Crippen LogP contribution in [-0.4, -0.2) is 10.9 Å². The molecule has 1 aliphatic carbocycles. The molecular weight excluding hydrogens is 248 g/mol. The lowest BCUT2D eigenvalue weighted by atomic mass is 9.97. The smallest absolute Gasteiger partial charge is 0.121 e. The molecule has 18 heavy (non-hydrogen) atoms. The van der Waals surface area contributed by atoms with Gasteiger partial charge in [-0.25, -0.2) is 0 Å². The normalized spacial score (nSPS) is 19.3. The molecule has 0 saturated carbocycles. The van der Waals surface area contributed by atoms with Crippen molar-refractivity contribution in [2.45, 2.75) is 0 Å². The van der Waals surface area contributed by atoms with Gasteiger partial charge < -0.3 is 5.21 Å². The van der Waals surface area contributed by atoms with Crippen molar-refractivity contribution in [1.82, 2.24) is 0 Å². The van der Waals surface area contributed by atoms with Gasteiger partial charge in [-0.1, -0.05) is 53.2 Å². The molecule has 0 saturated heterocycles. The molecule has 0 amide bonds. The van der Waals surface area contributed by atoms with Crippen molar-refractivity contribution >= 4 is 22.9 Å². The lowest BCUT2D eigenvalue weighted by Crippen LogP contribution is -2.00. The number of oxime groups is 1. The van der Waals surface area contributed by atoms with Crippen LogP contribution in [-0.2, 0) is 0 Å². The Morgan fingerprint density at radius 2 is 1.94 bits per heavy atom. The Bertz CT molecular complexity index is 619. The second kappa shape index (κ2) is 5.35. The van der Waals surface area contributed by atoms with Gasteiger partial charge in [0.25, 0.3) is 0 Å². The molecular formula is C14H9ClN2O. The summed E-state index contributed by atoms with van der Waals surface area (Å²) in [5.41, 5.74) is 2.33. The first-order valence-corrected chi connectivity index (χ1v) is 5.61. The summed E-state index contributed by atoms with van der Waals surface area (Å²) in [7, 11) is 0. The highest BCUT2D eigenvalue weighted by molar-refractivity contribution is 6.46. The Kier molecular flexibility index (Phi) is 3.61. The summed E-state index contributed by atoms with van der Waals surface area (Å²) < 4.78 is 0. The Hall–Kier alpha value is -2.31. The first-order chi connectivity index (χ1) is 8.76. The third-order valence-electron chi connectivity index (χ3n) is 2.52. The first-order valence-electron chi connectivity index (χ1n) is 5.23. The molecule has 0 aromatic heterocycles. The molecule has 1 aromatic carbocycles. The zero-order valence-corrected chi connectivity index (χ0v) is 10.1. The summed E-state index contributed by atoms with van der Waals surface area (Å²) in [6, 6.07) is 11.5. The quantitative estimate of drug-likeness (QED) is 0.475. The summed E-state index contributed by atoms with van der Waals surface area (Å²) in [4.78, 5) is 0. The van der Waals surface area contributed by atoms with Gasteiger partial charge in [-0.2, -0.15) is 5.26 Å². The summed E-state index contributed by atoms with van der Waals surface area (Å²) in [6.07, 6.45) is 4.88. The summed E-state index contributed by atoms with van der Waals surface area (Å²) in [5.74, 6) is 0. The Labute approximate surface area is 110 Å². The van der Waals surface area contributed by atoms with Crippen LogP contribution in [0.25, 0.3) is 5.57 Å². The number of hydrogen-bond acceptors (Lipinski definition) is 3. The van der Waals surface area contributed by atoms with Crippen molar-refractivity contribution in [2.75, 3.05) is 0 Å². The van der Waals surface area contributed by atoms with Gasteiger partial charge in [0.05, 0.1) is 10.6 Å². The fourth-order valence-electron chi connectivity index (χ4n) is 1.64. The lowest BCUT2D eigenvalue weighted by Gasteiger charge is -2.08. The van der Waals surface area contributed by atoms with E-state index >= 15 is 0 Å². The van der Waals surface area contributed by atoms with Gasteiger partial charge in [0.15, 0.2) is 0 Å². The Balaban J connectivity index is 2.52. The monoisotopic (exact) mass is 256 g/mol. The zero-order valence-electron chi connectivity index (χ0n) is 9.34. The SMILES string of the molecule is N#C/C(=C1C=C/C(=N\O)C(Cl)=C\1)c1ccccc1. The molecule has 1 aliphatic rings. The van der Waals surface area contributed by atoms with Gasteiger partial charge >= 0.3 is 0 Å². The predicted octanol–water partition coefficient (Wildman–Crippen LogP) is 3.49. The van der Waals surface area contributed by atoms with Crippen LogP contribution in [0.3, 0.4) is 0 Å². The minimum Gasteiger partial charge on any atom is -0.410 e. The van der Waals surface area contributed by atoms with Crippen molar-refractivity contribution < 1.29 is 5.21 Å². The highest BCUT2D eigenvalue weighted by Gasteiger charge is 2.12. The molecule has 0 fully saturated rings. The number of nitrogens with zero attached hydrogens (tertiary/aromatic N) is 2. The minimum absolute atomic E-state index is 0.283. The van der Waals surface area contributed by atoms with Crippen LogP contribution in [0.5, 0.6) is 0 Å². The fraction of sp³-hybridized carbons (Fsp3) is 0. The molecule has 2 rings (SSSR count). The van der Waals surface area contributed by atoms with Crippen LogP contribution in [0.4, 0.5) is 0 Å². The first kappa shape index (κ1) is 12.2. The molecule has 4 heteroatoms. The average Bonchev–Trinajstić information content (AvgIpc) is 2.41. The lowest BCUT2D eigenvalue weighted by molar-refractivity contribution is 0.320. The van der Waals surface area contributed by atoms with Gasteiger partial charge in [-0.3, -0.25) is 0 Å². The van der Waals surface area contributed by atoms with Crippen molar-refractivity contribution in [3.8, 4) is 6.07 Å². The van der Waals surface area contributed by atoms with E-state index in [0.29, 0.717) is 16.2 Å². The molecule has 1 aromatic rings. The van der Waals surface area contributed by atoms with Crippen LogP contribution >= 0.6 is 11.6 Å². The predicted molar refractivity (Wildman–Crippen MR) is 71.3 cm³/mol. The Morgan fingerprint density at radius 3 is 2.50 bits per heavy atom. The number of nitriles is 1. The van der Waals surface area contributed by atoms with Gasteiger partial charge in [-0.05, 0) is 23.3 Å². The molecule has 0 unspecified atom stereocenters. The second-order valence-electron chi connectivity index (χ2n) is 3.62. The molecule has 1 N–H and O–H groups in total. The maximum Gasteiger partial charge on any atom is 0.121 e. The maximum atomic E-state index is 9.25. The van der Waals surface area contributed by atoms with E-state index in [1.54, 1.807) is 18.2 Å². The highest BCUT2D eigenvalue weighted by atomic mass is 35.5. The number of rotatable bonds is 1. The second-order valence-corrected chi connectivity index (χ2v) is 4.03. The van der Waals surface area contributed by atoms with Crippen LogP contribution in [0.15, 0.2) is 64.3 Å². The van der Waals surface area contributed by atoms with E-state index in [9.17, 15) is 5.26 Å². The van der Waals surface area contributed by atoms with E-state index in [1.165, 1.54) is 0 Å². The van der Waals surface area contributed by atoms with Gasteiger partial charge in [-0.15, -0.1) is 0 Å². The highest BCUT2D eigenvalue weighted by Crippen LogP contribution is 2.25. The largest absolute Gasteiger partial charge is 0.410 e.